The summed E-state index contributed by atoms with van der Waals surface area (Å²) in [6.45, 7) is 1.36. The van der Waals surface area contributed by atoms with Gasteiger partial charge >= 0.3 is 5.97 Å². The Hall–Kier alpha value is -3.18. The van der Waals surface area contributed by atoms with E-state index < -0.39 is 5.97 Å². The Kier molecular flexibility index (Phi) is 3.29. The Labute approximate surface area is 136 Å². The second-order valence-corrected chi connectivity index (χ2v) is 5.61. The Morgan fingerprint density at radius 2 is 2.33 bits per heavy atom. The molecular formula is C16H13N5O3. The van der Waals surface area contributed by atoms with Crippen LogP contribution in [0.2, 0.25) is 0 Å². The zero-order chi connectivity index (χ0) is 16.7. The number of ether oxygens (including phenoxy) is 1. The summed E-state index contributed by atoms with van der Waals surface area (Å²) >= 11 is 0. The third-order valence-electron chi connectivity index (χ3n) is 4.18. The van der Waals surface area contributed by atoms with Gasteiger partial charge < -0.3 is 14.4 Å². The lowest BCUT2D eigenvalue weighted by atomic mass is 10.1. The Morgan fingerprint density at radius 1 is 1.46 bits per heavy atom. The monoisotopic (exact) mass is 323 g/mol. The fraction of sp³-hybridized carbons (Fsp3) is 0.250. The highest BCUT2D eigenvalue weighted by atomic mass is 16.5. The molecular weight excluding hydrogens is 310 g/mol. The van der Waals surface area contributed by atoms with E-state index in [4.69, 9.17) is 9.84 Å². The Morgan fingerprint density at radius 3 is 3.00 bits per heavy atom. The van der Waals surface area contributed by atoms with Crippen LogP contribution >= 0.6 is 0 Å². The van der Waals surface area contributed by atoms with Crippen LogP contribution in [0.1, 0.15) is 28.5 Å². The van der Waals surface area contributed by atoms with E-state index >= 15 is 0 Å². The van der Waals surface area contributed by atoms with Crippen molar-refractivity contribution in [2.75, 3.05) is 13.2 Å². The molecule has 1 N–H and O–H groups in total. The zero-order valence-electron chi connectivity index (χ0n) is 12.6. The topological polar surface area (TPSA) is 106 Å². The van der Waals surface area contributed by atoms with Gasteiger partial charge in [-0.3, -0.25) is 0 Å². The van der Waals surface area contributed by atoms with E-state index in [1.54, 1.807) is 12.1 Å². The number of aromatic carboxylic acids is 1. The minimum absolute atomic E-state index is 0.128. The standard InChI is InChI=1S/C16H13N5O3/c17-6-10-8-20(12-3-4-24-9-12)15-2-1-11(5-13(10)15)21-18-7-14(19-21)16(22)23/h1-2,5,7-8,12H,3-4,9H2,(H,22,23). The fourth-order valence-corrected chi connectivity index (χ4v) is 2.99. The summed E-state index contributed by atoms with van der Waals surface area (Å²) in [5.41, 5.74) is 1.98. The lowest BCUT2D eigenvalue weighted by Gasteiger charge is -2.11. The lowest BCUT2D eigenvalue weighted by Crippen LogP contribution is -2.07. The number of rotatable bonds is 3. The average molecular weight is 323 g/mol. The smallest absolute Gasteiger partial charge is 0.358 e. The highest BCUT2D eigenvalue weighted by molar-refractivity contribution is 5.88. The van der Waals surface area contributed by atoms with Crippen LogP contribution in [0.25, 0.3) is 16.6 Å². The van der Waals surface area contributed by atoms with Gasteiger partial charge in [-0.05, 0) is 24.6 Å². The summed E-state index contributed by atoms with van der Waals surface area (Å²) in [6, 6.07) is 7.93. The first-order valence-electron chi connectivity index (χ1n) is 7.46. The normalized spacial score (nSPS) is 17.2. The van der Waals surface area contributed by atoms with Crippen LogP contribution < -0.4 is 0 Å². The van der Waals surface area contributed by atoms with E-state index in [1.165, 1.54) is 11.0 Å². The van der Waals surface area contributed by atoms with Crippen LogP contribution in [0.4, 0.5) is 0 Å². The second kappa shape index (κ2) is 5.47. The van der Waals surface area contributed by atoms with Crippen molar-refractivity contribution in [1.82, 2.24) is 19.6 Å². The summed E-state index contributed by atoms with van der Waals surface area (Å²) in [7, 11) is 0. The van der Waals surface area contributed by atoms with Crippen molar-refractivity contribution in [1.29, 1.82) is 5.26 Å². The van der Waals surface area contributed by atoms with Crippen molar-refractivity contribution in [3.63, 3.8) is 0 Å². The number of aromatic nitrogens is 4. The van der Waals surface area contributed by atoms with Crippen molar-refractivity contribution in [2.24, 2.45) is 0 Å². The molecule has 1 fully saturated rings. The van der Waals surface area contributed by atoms with Crippen LogP contribution in [0.5, 0.6) is 0 Å². The number of fused-ring (bicyclic) bond motifs is 1. The van der Waals surface area contributed by atoms with Gasteiger partial charge in [0.25, 0.3) is 0 Å². The van der Waals surface area contributed by atoms with E-state index in [-0.39, 0.29) is 11.7 Å². The number of carboxylic acid groups (broad SMARTS) is 1. The number of nitriles is 1. The largest absolute Gasteiger partial charge is 0.476 e. The van der Waals surface area contributed by atoms with Crippen molar-refractivity contribution in [3.8, 4) is 11.8 Å². The van der Waals surface area contributed by atoms with Crippen LogP contribution in [0.15, 0.2) is 30.6 Å². The van der Waals surface area contributed by atoms with Gasteiger partial charge in [0.15, 0.2) is 5.69 Å². The third-order valence-corrected chi connectivity index (χ3v) is 4.18. The highest BCUT2D eigenvalue weighted by Gasteiger charge is 2.21. The van der Waals surface area contributed by atoms with Gasteiger partial charge in [0.2, 0.25) is 0 Å². The number of nitrogens with zero attached hydrogens (tertiary/aromatic N) is 5. The maximum atomic E-state index is 10.9. The molecule has 0 saturated carbocycles. The van der Waals surface area contributed by atoms with Gasteiger partial charge in [0.1, 0.15) is 6.07 Å². The maximum absolute atomic E-state index is 10.9. The van der Waals surface area contributed by atoms with E-state index in [9.17, 15) is 10.1 Å². The predicted octanol–water partition coefficient (Wildman–Crippen LogP) is 1.75. The van der Waals surface area contributed by atoms with Crippen LogP contribution in [-0.2, 0) is 4.74 Å². The molecule has 1 aliphatic heterocycles. The Bertz CT molecular complexity index is 975. The van der Waals surface area contributed by atoms with Gasteiger partial charge in [-0.2, -0.15) is 15.2 Å². The van der Waals surface area contributed by atoms with Crippen molar-refractivity contribution in [3.05, 3.63) is 41.9 Å². The minimum atomic E-state index is -1.13. The summed E-state index contributed by atoms with van der Waals surface area (Å²) < 4.78 is 7.51. The first kappa shape index (κ1) is 14.4. The average Bonchev–Trinajstić information content (AvgIpc) is 3.32. The quantitative estimate of drug-likeness (QED) is 0.787. The van der Waals surface area contributed by atoms with Crippen LogP contribution in [-0.4, -0.2) is 43.9 Å². The van der Waals surface area contributed by atoms with Crippen molar-refractivity contribution in [2.45, 2.75) is 12.5 Å². The third kappa shape index (κ3) is 2.23. The first-order chi connectivity index (χ1) is 11.7. The number of hydrogen-bond donors (Lipinski definition) is 1. The molecule has 8 heteroatoms. The maximum Gasteiger partial charge on any atom is 0.358 e. The molecule has 3 heterocycles. The van der Waals surface area contributed by atoms with Gasteiger partial charge in [-0.15, -0.1) is 5.10 Å². The van der Waals surface area contributed by atoms with Crippen molar-refractivity contribution < 1.29 is 14.6 Å². The molecule has 120 valence electrons. The molecule has 1 saturated heterocycles. The molecule has 1 aliphatic rings. The molecule has 3 aromatic rings. The SMILES string of the molecule is N#Cc1cn(C2CCOC2)c2ccc(-n3ncc(C(=O)O)n3)cc12. The van der Waals surface area contributed by atoms with Crippen LogP contribution in [0, 0.1) is 11.3 Å². The number of carboxylic acids is 1. The van der Waals surface area contributed by atoms with E-state index in [0.29, 0.717) is 17.9 Å². The zero-order valence-corrected chi connectivity index (χ0v) is 12.6. The Balaban J connectivity index is 1.82. The second-order valence-electron chi connectivity index (χ2n) is 5.61. The molecule has 0 amide bonds. The van der Waals surface area contributed by atoms with Gasteiger partial charge in [-0.1, -0.05) is 0 Å². The minimum Gasteiger partial charge on any atom is -0.476 e. The summed E-state index contributed by atoms with van der Waals surface area (Å²) in [5.74, 6) is -1.13. The number of benzene rings is 1. The molecule has 4 rings (SSSR count). The molecule has 0 radical (unpaired) electrons. The van der Waals surface area contributed by atoms with E-state index in [1.807, 2.05) is 12.3 Å². The molecule has 1 unspecified atom stereocenters. The molecule has 8 nitrogen and oxygen atoms in total. The number of hydrogen-bond acceptors (Lipinski definition) is 5. The predicted molar refractivity (Wildman–Crippen MR) is 83.0 cm³/mol. The fourth-order valence-electron chi connectivity index (χ4n) is 2.99. The van der Waals surface area contributed by atoms with Gasteiger partial charge in [0, 0.05) is 23.7 Å². The lowest BCUT2D eigenvalue weighted by molar-refractivity contribution is 0.0690. The van der Waals surface area contributed by atoms with E-state index in [2.05, 4.69) is 20.8 Å². The molecule has 1 aromatic carbocycles. The molecule has 24 heavy (non-hydrogen) atoms. The molecule has 0 bridgehead atoms. The molecule has 1 atom stereocenters. The summed E-state index contributed by atoms with van der Waals surface area (Å²) in [5, 5.41) is 27.0. The highest BCUT2D eigenvalue weighted by Crippen LogP contribution is 2.29. The number of carbonyl (C=O) groups is 1. The molecule has 2 aromatic heterocycles. The summed E-state index contributed by atoms with van der Waals surface area (Å²) in [4.78, 5) is 12.2. The summed E-state index contributed by atoms with van der Waals surface area (Å²) in [6.07, 6.45) is 3.95. The molecule has 0 aliphatic carbocycles. The van der Waals surface area contributed by atoms with Crippen LogP contribution in [0.3, 0.4) is 0 Å². The van der Waals surface area contributed by atoms with Gasteiger partial charge in [0.05, 0.1) is 30.1 Å². The van der Waals surface area contributed by atoms with Crippen molar-refractivity contribution >= 4 is 16.9 Å². The van der Waals surface area contributed by atoms with E-state index in [0.717, 1.165) is 23.9 Å². The van der Waals surface area contributed by atoms with Gasteiger partial charge in [-0.25, -0.2) is 4.79 Å². The first-order valence-corrected chi connectivity index (χ1v) is 7.46. The molecule has 0 spiro atoms.